The lowest BCUT2D eigenvalue weighted by atomic mass is 9.97. The van der Waals surface area contributed by atoms with Gasteiger partial charge in [0.25, 0.3) is 0 Å². The summed E-state index contributed by atoms with van der Waals surface area (Å²) in [5, 5.41) is 5.78. The SMILES string of the molecule is COC(=O)c1c(CCCOC(C)=O)c2ccc(Cl)c(-c3c(C=O)nn4c3CCC4)c2n1C. The number of carbonyl (C=O) groups excluding carboxylic acids is 3. The molecule has 0 saturated carbocycles. The summed E-state index contributed by atoms with van der Waals surface area (Å²) in [4.78, 5) is 35.7. The summed E-state index contributed by atoms with van der Waals surface area (Å²) in [5.41, 5.74) is 4.65. The van der Waals surface area contributed by atoms with E-state index in [0.717, 1.165) is 53.4 Å². The van der Waals surface area contributed by atoms with Crippen LogP contribution in [0.4, 0.5) is 0 Å². The van der Waals surface area contributed by atoms with Crippen LogP contribution in [0.15, 0.2) is 12.1 Å². The Morgan fingerprint density at radius 1 is 1.28 bits per heavy atom. The smallest absolute Gasteiger partial charge is 0.354 e. The number of aldehydes is 1. The van der Waals surface area contributed by atoms with Gasteiger partial charge in [-0.15, -0.1) is 0 Å². The number of methoxy groups -OCH3 is 1. The lowest BCUT2D eigenvalue weighted by Crippen LogP contribution is -2.11. The number of nitrogens with zero attached hydrogens (tertiary/aromatic N) is 3. The quantitative estimate of drug-likeness (QED) is 0.305. The molecule has 32 heavy (non-hydrogen) atoms. The third-order valence-corrected chi connectivity index (χ3v) is 6.21. The van der Waals surface area contributed by atoms with Gasteiger partial charge in [-0.2, -0.15) is 5.10 Å². The van der Waals surface area contributed by atoms with E-state index in [0.29, 0.717) is 34.8 Å². The van der Waals surface area contributed by atoms with Gasteiger partial charge in [-0.05, 0) is 37.3 Å². The van der Waals surface area contributed by atoms with Crippen LogP contribution in [-0.2, 0) is 40.7 Å². The minimum absolute atomic E-state index is 0.249. The number of aryl methyl sites for hydroxylation is 3. The summed E-state index contributed by atoms with van der Waals surface area (Å²) in [5.74, 6) is -0.814. The Hall–Kier alpha value is -3.13. The van der Waals surface area contributed by atoms with Gasteiger partial charge in [0.15, 0.2) is 6.29 Å². The van der Waals surface area contributed by atoms with Gasteiger partial charge < -0.3 is 14.0 Å². The molecule has 0 fully saturated rings. The lowest BCUT2D eigenvalue weighted by Gasteiger charge is -2.10. The number of halogens is 1. The van der Waals surface area contributed by atoms with Gasteiger partial charge >= 0.3 is 11.9 Å². The molecular weight excluding hydrogens is 434 g/mol. The largest absolute Gasteiger partial charge is 0.466 e. The molecule has 0 bridgehead atoms. The Labute approximate surface area is 190 Å². The number of aromatic nitrogens is 3. The fraction of sp³-hybridized carbons (Fsp3) is 0.391. The minimum atomic E-state index is -0.468. The maximum atomic E-state index is 12.7. The van der Waals surface area contributed by atoms with Crippen molar-refractivity contribution in [3.05, 3.63) is 39.8 Å². The number of hydrogen-bond donors (Lipinski definition) is 0. The Balaban J connectivity index is 1.95. The summed E-state index contributed by atoms with van der Waals surface area (Å²) in [6.45, 7) is 2.37. The second kappa shape index (κ2) is 8.78. The molecule has 1 aromatic carbocycles. The van der Waals surface area contributed by atoms with E-state index in [9.17, 15) is 14.4 Å². The van der Waals surface area contributed by atoms with E-state index < -0.39 is 5.97 Å². The zero-order valence-corrected chi connectivity index (χ0v) is 19.0. The van der Waals surface area contributed by atoms with Gasteiger partial charge in [0, 0.05) is 42.7 Å². The molecule has 0 aliphatic carbocycles. The third-order valence-electron chi connectivity index (χ3n) is 5.89. The third kappa shape index (κ3) is 3.58. The maximum Gasteiger partial charge on any atom is 0.354 e. The van der Waals surface area contributed by atoms with Crippen molar-refractivity contribution in [1.82, 2.24) is 14.3 Å². The number of esters is 2. The molecule has 0 radical (unpaired) electrons. The highest BCUT2D eigenvalue weighted by Crippen LogP contribution is 2.42. The standard InChI is InChI=1S/C23H24ClN3O5/c1-13(29)32-11-5-6-14-15-8-9-16(24)19(21(15)26(2)22(14)23(30)31-3)20-17(12-28)25-27-10-4-7-18(20)27/h8-9,12H,4-7,10-11H2,1-3H3. The summed E-state index contributed by atoms with van der Waals surface area (Å²) in [7, 11) is 3.12. The molecule has 0 atom stereocenters. The van der Waals surface area contributed by atoms with Crippen LogP contribution >= 0.6 is 11.6 Å². The molecule has 0 saturated heterocycles. The number of hydrogen-bond acceptors (Lipinski definition) is 6. The van der Waals surface area contributed by atoms with Crippen molar-refractivity contribution < 1.29 is 23.9 Å². The normalized spacial score (nSPS) is 12.8. The maximum absolute atomic E-state index is 12.7. The van der Waals surface area contributed by atoms with E-state index in [4.69, 9.17) is 21.1 Å². The second-order valence-electron chi connectivity index (χ2n) is 7.79. The van der Waals surface area contributed by atoms with E-state index in [-0.39, 0.29) is 12.6 Å². The summed E-state index contributed by atoms with van der Waals surface area (Å²) in [6.07, 6.45) is 3.54. The number of benzene rings is 1. The minimum Gasteiger partial charge on any atom is -0.466 e. The molecule has 1 aliphatic heterocycles. The average molecular weight is 458 g/mol. The first kappa shape index (κ1) is 22.1. The average Bonchev–Trinajstić information content (AvgIpc) is 3.43. The van der Waals surface area contributed by atoms with Crippen molar-refractivity contribution in [2.75, 3.05) is 13.7 Å². The van der Waals surface area contributed by atoms with Crippen LogP contribution in [0, 0.1) is 0 Å². The summed E-state index contributed by atoms with van der Waals surface area (Å²) in [6, 6.07) is 3.66. The van der Waals surface area contributed by atoms with E-state index in [2.05, 4.69) is 5.10 Å². The van der Waals surface area contributed by atoms with Crippen LogP contribution in [0.25, 0.3) is 22.0 Å². The zero-order valence-electron chi connectivity index (χ0n) is 18.2. The van der Waals surface area contributed by atoms with E-state index in [1.807, 2.05) is 10.7 Å². The van der Waals surface area contributed by atoms with Crippen molar-refractivity contribution in [2.24, 2.45) is 7.05 Å². The molecule has 0 unspecified atom stereocenters. The van der Waals surface area contributed by atoms with Crippen LogP contribution in [0.3, 0.4) is 0 Å². The number of ether oxygens (including phenoxy) is 2. The Morgan fingerprint density at radius 2 is 2.06 bits per heavy atom. The predicted octanol–water partition coefficient (Wildman–Crippen LogP) is 3.74. The Morgan fingerprint density at radius 3 is 2.75 bits per heavy atom. The highest BCUT2D eigenvalue weighted by Gasteiger charge is 2.29. The van der Waals surface area contributed by atoms with Gasteiger partial charge in [0.05, 0.1) is 24.3 Å². The lowest BCUT2D eigenvalue weighted by molar-refractivity contribution is -0.141. The molecule has 168 valence electrons. The van der Waals surface area contributed by atoms with Crippen molar-refractivity contribution in [3.63, 3.8) is 0 Å². The van der Waals surface area contributed by atoms with Crippen molar-refractivity contribution in [3.8, 4) is 11.1 Å². The first-order valence-electron chi connectivity index (χ1n) is 10.5. The number of fused-ring (bicyclic) bond motifs is 2. The molecule has 0 spiro atoms. The highest BCUT2D eigenvalue weighted by atomic mass is 35.5. The topological polar surface area (TPSA) is 92.4 Å². The predicted molar refractivity (Wildman–Crippen MR) is 119 cm³/mol. The molecule has 1 aliphatic rings. The fourth-order valence-electron chi connectivity index (χ4n) is 4.62. The van der Waals surface area contributed by atoms with Crippen LogP contribution in [-0.4, -0.2) is 46.3 Å². The zero-order chi connectivity index (χ0) is 23.0. The number of carbonyl (C=O) groups is 3. The van der Waals surface area contributed by atoms with E-state index in [1.54, 1.807) is 17.7 Å². The van der Waals surface area contributed by atoms with Crippen molar-refractivity contribution >= 4 is 40.7 Å². The Kier molecular flexibility index (Phi) is 6.06. The summed E-state index contributed by atoms with van der Waals surface area (Å²) >= 11 is 6.69. The van der Waals surface area contributed by atoms with Crippen LogP contribution < -0.4 is 0 Å². The molecule has 8 nitrogen and oxygen atoms in total. The van der Waals surface area contributed by atoms with Crippen LogP contribution in [0.2, 0.25) is 5.02 Å². The second-order valence-corrected chi connectivity index (χ2v) is 8.20. The first-order chi connectivity index (χ1) is 15.4. The highest BCUT2D eigenvalue weighted by molar-refractivity contribution is 6.35. The van der Waals surface area contributed by atoms with E-state index >= 15 is 0 Å². The molecule has 3 heterocycles. The molecule has 3 aromatic rings. The summed E-state index contributed by atoms with van der Waals surface area (Å²) < 4.78 is 13.8. The molecule has 0 N–H and O–H groups in total. The molecular formula is C23H24ClN3O5. The molecule has 2 aromatic heterocycles. The van der Waals surface area contributed by atoms with Crippen molar-refractivity contribution in [1.29, 1.82) is 0 Å². The van der Waals surface area contributed by atoms with Gasteiger partial charge in [0.1, 0.15) is 11.4 Å². The van der Waals surface area contributed by atoms with Crippen LogP contribution in [0.5, 0.6) is 0 Å². The molecule has 4 rings (SSSR count). The van der Waals surface area contributed by atoms with Crippen LogP contribution in [0.1, 0.15) is 52.0 Å². The molecule has 9 heteroatoms. The Bertz CT molecular complexity index is 1240. The van der Waals surface area contributed by atoms with Gasteiger partial charge in [-0.1, -0.05) is 17.7 Å². The fourth-order valence-corrected chi connectivity index (χ4v) is 4.87. The van der Waals surface area contributed by atoms with Crippen molar-refractivity contribution in [2.45, 2.75) is 39.2 Å². The van der Waals surface area contributed by atoms with Gasteiger partial charge in [-0.25, -0.2) is 4.79 Å². The van der Waals surface area contributed by atoms with Gasteiger partial charge in [-0.3, -0.25) is 14.3 Å². The van der Waals surface area contributed by atoms with Gasteiger partial charge in [0.2, 0.25) is 0 Å². The monoisotopic (exact) mass is 457 g/mol. The van der Waals surface area contributed by atoms with E-state index in [1.165, 1.54) is 14.0 Å². The molecule has 0 amide bonds. The first-order valence-corrected chi connectivity index (χ1v) is 10.8. The number of rotatable bonds is 7.